The van der Waals surface area contributed by atoms with Crippen molar-refractivity contribution in [2.75, 3.05) is 19.5 Å². The van der Waals surface area contributed by atoms with Gasteiger partial charge >= 0.3 is 5.97 Å². The monoisotopic (exact) mass is 302 g/mol. The Morgan fingerprint density at radius 1 is 1.35 bits per heavy atom. The Kier molecular flexibility index (Phi) is 5.52. The number of rotatable bonds is 7. The number of hydrogen-bond acceptors (Lipinski definition) is 5. The lowest BCUT2D eigenvalue weighted by molar-refractivity contribution is 0.0696. The molecule has 0 radical (unpaired) electrons. The minimum Gasteiger partial charge on any atom is -0.495 e. The first kappa shape index (κ1) is 16.5. The normalized spacial score (nSPS) is 11.6. The topological polar surface area (TPSA) is 89.9 Å². The molecule has 7 heteroatoms. The van der Waals surface area contributed by atoms with E-state index < -0.39 is 15.8 Å². The van der Waals surface area contributed by atoms with E-state index in [1.807, 2.05) is 0 Å². The van der Waals surface area contributed by atoms with Crippen LogP contribution in [-0.4, -0.2) is 45.1 Å². The smallest absolute Gasteiger partial charge is 0.335 e. The lowest BCUT2D eigenvalue weighted by Gasteiger charge is -2.11. The van der Waals surface area contributed by atoms with Crippen LogP contribution in [0.15, 0.2) is 23.1 Å². The Labute approximate surface area is 118 Å². The number of methoxy groups -OCH3 is 1. The molecule has 1 rings (SSSR count). The van der Waals surface area contributed by atoms with Crippen LogP contribution < -0.4 is 4.74 Å². The van der Waals surface area contributed by atoms with Gasteiger partial charge in [0.25, 0.3) is 0 Å². The molecule has 0 fully saturated rings. The first-order valence-corrected chi connectivity index (χ1v) is 7.69. The zero-order valence-corrected chi connectivity index (χ0v) is 12.4. The van der Waals surface area contributed by atoms with E-state index in [1.54, 1.807) is 13.8 Å². The van der Waals surface area contributed by atoms with Crippen LogP contribution in [-0.2, 0) is 14.6 Å². The largest absolute Gasteiger partial charge is 0.495 e. The Bertz CT molecular complexity index is 577. The van der Waals surface area contributed by atoms with E-state index in [9.17, 15) is 13.2 Å². The van der Waals surface area contributed by atoms with Crippen molar-refractivity contribution in [1.29, 1.82) is 0 Å². The third-order valence-corrected chi connectivity index (χ3v) is 4.24. The molecular weight excluding hydrogens is 284 g/mol. The summed E-state index contributed by atoms with van der Waals surface area (Å²) >= 11 is 0. The highest BCUT2D eigenvalue weighted by atomic mass is 32.2. The number of hydrogen-bond donors (Lipinski definition) is 1. The maximum absolute atomic E-state index is 12.2. The molecule has 0 atom stereocenters. The molecule has 112 valence electrons. The summed E-state index contributed by atoms with van der Waals surface area (Å²) in [5, 5.41) is 8.93. The molecule has 0 aliphatic rings. The maximum Gasteiger partial charge on any atom is 0.335 e. The molecule has 0 unspecified atom stereocenters. The Balaban J connectivity index is 3.08. The van der Waals surface area contributed by atoms with Gasteiger partial charge in [0.2, 0.25) is 0 Å². The molecule has 1 aromatic carbocycles. The van der Waals surface area contributed by atoms with Crippen molar-refractivity contribution in [3.8, 4) is 5.75 Å². The predicted octanol–water partition coefficient (Wildman–Crippen LogP) is 1.59. The summed E-state index contributed by atoms with van der Waals surface area (Å²) in [4.78, 5) is 10.8. The minimum absolute atomic E-state index is 0.0421. The van der Waals surface area contributed by atoms with Gasteiger partial charge in [-0.25, -0.2) is 13.2 Å². The van der Waals surface area contributed by atoms with Crippen molar-refractivity contribution < 1.29 is 27.8 Å². The van der Waals surface area contributed by atoms with Gasteiger partial charge < -0.3 is 14.6 Å². The Morgan fingerprint density at radius 2 is 2.00 bits per heavy atom. The highest BCUT2D eigenvalue weighted by Gasteiger charge is 2.21. The molecule has 0 saturated heterocycles. The molecule has 0 aromatic heterocycles. The van der Waals surface area contributed by atoms with E-state index in [4.69, 9.17) is 14.6 Å². The Hall–Kier alpha value is -1.60. The van der Waals surface area contributed by atoms with E-state index in [0.717, 1.165) is 6.07 Å². The SMILES string of the molecule is COc1ccc(C(=O)O)cc1S(=O)(=O)CCOC(C)C. The summed E-state index contributed by atoms with van der Waals surface area (Å²) in [6.45, 7) is 3.65. The van der Waals surface area contributed by atoms with Crippen LogP contribution in [0.4, 0.5) is 0 Å². The number of carbonyl (C=O) groups is 1. The molecule has 6 nitrogen and oxygen atoms in total. The summed E-state index contributed by atoms with van der Waals surface area (Å²) in [7, 11) is -2.34. The fourth-order valence-electron chi connectivity index (χ4n) is 1.56. The fraction of sp³-hybridized carbons (Fsp3) is 0.462. The van der Waals surface area contributed by atoms with Crippen LogP contribution >= 0.6 is 0 Å². The summed E-state index contributed by atoms with van der Waals surface area (Å²) in [6.07, 6.45) is -0.0718. The van der Waals surface area contributed by atoms with E-state index in [-0.39, 0.29) is 34.7 Å². The number of carboxylic acid groups (broad SMARTS) is 1. The van der Waals surface area contributed by atoms with Crippen molar-refractivity contribution in [3.63, 3.8) is 0 Å². The molecule has 1 aromatic rings. The number of aromatic carboxylic acids is 1. The molecular formula is C13H18O6S. The van der Waals surface area contributed by atoms with Gasteiger partial charge in [0.1, 0.15) is 10.6 Å². The first-order chi connectivity index (χ1) is 9.27. The van der Waals surface area contributed by atoms with Crippen LogP contribution in [0, 0.1) is 0 Å². The molecule has 0 aliphatic heterocycles. The molecule has 0 bridgehead atoms. The second-order valence-electron chi connectivity index (χ2n) is 4.41. The number of sulfone groups is 1. The van der Waals surface area contributed by atoms with Crippen molar-refractivity contribution in [2.45, 2.75) is 24.8 Å². The van der Waals surface area contributed by atoms with Gasteiger partial charge in [-0.3, -0.25) is 0 Å². The van der Waals surface area contributed by atoms with Crippen LogP contribution in [0.1, 0.15) is 24.2 Å². The molecule has 0 spiro atoms. The summed E-state index contributed by atoms with van der Waals surface area (Å²) in [5.74, 6) is -1.30. The van der Waals surface area contributed by atoms with Gasteiger partial charge in [-0.05, 0) is 32.0 Å². The highest BCUT2D eigenvalue weighted by molar-refractivity contribution is 7.91. The van der Waals surface area contributed by atoms with Crippen molar-refractivity contribution in [2.24, 2.45) is 0 Å². The van der Waals surface area contributed by atoms with E-state index in [1.165, 1.54) is 19.2 Å². The van der Waals surface area contributed by atoms with Crippen LogP contribution in [0.3, 0.4) is 0 Å². The third-order valence-electron chi connectivity index (χ3n) is 2.55. The van der Waals surface area contributed by atoms with Gasteiger partial charge in [0.05, 0.1) is 31.1 Å². The zero-order valence-electron chi connectivity index (χ0n) is 11.6. The van der Waals surface area contributed by atoms with Gasteiger partial charge in [-0.15, -0.1) is 0 Å². The quantitative estimate of drug-likeness (QED) is 0.822. The zero-order chi connectivity index (χ0) is 15.3. The van der Waals surface area contributed by atoms with Crippen LogP contribution in [0.2, 0.25) is 0 Å². The van der Waals surface area contributed by atoms with Crippen molar-refractivity contribution >= 4 is 15.8 Å². The first-order valence-electron chi connectivity index (χ1n) is 6.03. The van der Waals surface area contributed by atoms with Gasteiger partial charge in [0, 0.05) is 0 Å². The van der Waals surface area contributed by atoms with Gasteiger partial charge in [-0.1, -0.05) is 0 Å². The average Bonchev–Trinajstić information content (AvgIpc) is 2.37. The minimum atomic E-state index is -3.67. The van der Waals surface area contributed by atoms with E-state index >= 15 is 0 Å². The second-order valence-corrected chi connectivity index (χ2v) is 6.49. The summed E-state index contributed by atoms with van der Waals surface area (Å²) in [5.41, 5.74) is -0.103. The van der Waals surface area contributed by atoms with Crippen molar-refractivity contribution in [1.82, 2.24) is 0 Å². The predicted molar refractivity (Wildman–Crippen MR) is 73.1 cm³/mol. The van der Waals surface area contributed by atoms with Gasteiger partial charge in [-0.2, -0.15) is 0 Å². The summed E-state index contributed by atoms with van der Waals surface area (Å²) < 4.78 is 34.6. The highest BCUT2D eigenvalue weighted by Crippen LogP contribution is 2.26. The molecule has 0 saturated carbocycles. The van der Waals surface area contributed by atoms with E-state index in [2.05, 4.69) is 0 Å². The lowest BCUT2D eigenvalue weighted by Crippen LogP contribution is -2.16. The molecule has 1 N–H and O–H groups in total. The Morgan fingerprint density at radius 3 is 2.50 bits per heavy atom. The van der Waals surface area contributed by atoms with Gasteiger partial charge in [0.15, 0.2) is 9.84 Å². The lowest BCUT2D eigenvalue weighted by atomic mass is 10.2. The number of carboxylic acids is 1. The number of ether oxygens (including phenoxy) is 2. The van der Waals surface area contributed by atoms with Crippen LogP contribution in [0.5, 0.6) is 5.75 Å². The number of benzene rings is 1. The molecule has 20 heavy (non-hydrogen) atoms. The maximum atomic E-state index is 12.2. The molecule has 0 amide bonds. The molecule has 0 heterocycles. The second kappa shape index (κ2) is 6.71. The molecule has 0 aliphatic carbocycles. The van der Waals surface area contributed by atoms with Crippen molar-refractivity contribution in [3.05, 3.63) is 23.8 Å². The fourth-order valence-corrected chi connectivity index (χ4v) is 2.86. The average molecular weight is 302 g/mol. The van der Waals surface area contributed by atoms with Crippen LogP contribution in [0.25, 0.3) is 0 Å². The third kappa shape index (κ3) is 4.21. The summed E-state index contributed by atoms with van der Waals surface area (Å²) in [6, 6.07) is 3.73. The van der Waals surface area contributed by atoms with E-state index in [0.29, 0.717) is 0 Å². The standard InChI is InChI=1S/C13H18O6S/c1-9(2)19-6-7-20(16,17)12-8-10(13(14)15)4-5-11(12)18-3/h4-5,8-9H,6-7H2,1-3H3,(H,14,15).